The van der Waals surface area contributed by atoms with E-state index in [1.165, 1.54) is 17.0 Å². The lowest BCUT2D eigenvalue weighted by atomic mass is 9.95. The van der Waals surface area contributed by atoms with Crippen molar-refractivity contribution < 1.29 is 29.3 Å². The van der Waals surface area contributed by atoms with Gasteiger partial charge in [-0.25, -0.2) is 0 Å². The predicted molar refractivity (Wildman–Crippen MR) is 113 cm³/mol. The molecule has 2 aliphatic heterocycles. The Labute approximate surface area is 183 Å². The average molecular weight is 430 g/mol. The second kappa shape index (κ2) is 7.73. The fourth-order valence-corrected chi connectivity index (χ4v) is 3.93. The fraction of sp³-hybridized carbons (Fsp3) is 0.125. The Morgan fingerprint density at radius 1 is 1.06 bits per heavy atom. The highest BCUT2D eigenvalue weighted by Crippen LogP contribution is 2.42. The fourth-order valence-electron chi connectivity index (χ4n) is 3.93. The highest BCUT2D eigenvalue weighted by atomic mass is 16.7. The number of aromatic hydroxyl groups is 1. The van der Waals surface area contributed by atoms with Gasteiger partial charge < -0.3 is 24.6 Å². The lowest BCUT2D eigenvalue weighted by Gasteiger charge is -2.25. The van der Waals surface area contributed by atoms with Gasteiger partial charge in [-0.3, -0.25) is 14.6 Å². The molecule has 0 spiro atoms. The molecule has 1 saturated heterocycles. The zero-order valence-corrected chi connectivity index (χ0v) is 16.8. The number of hydrogen-bond donors (Lipinski definition) is 2. The molecule has 1 amide bonds. The number of aromatic nitrogens is 1. The van der Waals surface area contributed by atoms with E-state index in [9.17, 15) is 19.8 Å². The lowest BCUT2D eigenvalue weighted by molar-refractivity contribution is -0.140. The van der Waals surface area contributed by atoms with Crippen molar-refractivity contribution in [2.45, 2.75) is 12.6 Å². The highest BCUT2D eigenvalue weighted by Gasteiger charge is 2.46. The molecule has 1 aromatic heterocycles. The predicted octanol–water partition coefficient (Wildman–Crippen LogP) is 3.14. The van der Waals surface area contributed by atoms with Crippen LogP contribution in [-0.2, 0) is 16.1 Å². The van der Waals surface area contributed by atoms with Crippen LogP contribution >= 0.6 is 0 Å². The van der Waals surface area contributed by atoms with Gasteiger partial charge in [0.05, 0.1) is 11.6 Å². The van der Waals surface area contributed by atoms with Crippen molar-refractivity contribution in [3.63, 3.8) is 0 Å². The second-order valence-electron chi connectivity index (χ2n) is 7.45. The van der Waals surface area contributed by atoms with E-state index in [1.54, 1.807) is 54.9 Å². The number of carbonyl (C=O) groups excluding carboxylic acids is 2. The number of pyridine rings is 1. The van der Waals surface area contributed by atoms with Crippen molar-refractivity contribution in [3.05, 3.63) is 89.3 Å². The van der Waals surface area contributed by atoms with Crippen molar-refractivity contribution in [1.82, 2.24) is 9.88 Å². The molecule has 8 heteroatoms. The quantitative estimate of drug-likeness (QED) is 0.372. The van der Waals surface area contributed by atoms with Gasteiger partial charge >= 0.3 is 0 Å². The lowest BCUT2D eigenvalue weighted by Crippen LogP contribution is -2.29. The van der Waals surface area contributed by atoms with Crippen LogP contribution in [0, 0.1) is 0 Å². The third kappa shape index (κ3) is 3.31. The Balaban J connectivity index is 1.64. The smallest absolute Gasteiger partial charge is 0.295 e. The molecule has 5 rings (SSSR count). The summed E-state index contributed by atoms with van der Waals surface area (Å²) < 4.78 is 10.7. The summed E-state index contributed by atoms with van der Waals surface area (Å²) in [5.41, 5.74) is 1.61. The number of rotatable bonds is 4. The van der Waals surface area contributed by atoms with Crippen molar-refractivity contribution in [3.8, 4) is 17.2 Å². The summed E-state index contributed by atoms with van der Waals surface area (Å²) in [6.45, 7) is 0.199. The van der Waals surface area contributed by atoms with Crippen LogP contribution in [0.1, 0.15) is 22.7 Å². The van der Waals surface area contributed by atoms with Crippen LogP contribution < -0.4 is 9.47 Å². The molecule has 0 aliphatic carbocycles. The molecule has 1 atom stereocenters. The number of phenolic OH excluding ortho intramolecular Hbond substituents is 1. The number of amides is 1. The monoisotopic (exact) mass is 430 g/mol. The number of phenols is 1. The third-order valence-electron chi connectivity index (χ3n) is 5.47. The van der Waals surface area contributed by atoms with Gasteiger partial charge in [0.2, 0.25) is 6.79 Å². The number of aliphatic hydroxyl groups is 1. The van der Waals surface area contributed by atoms with Crippen LogP contribution in [-0.4, -0.2) is 38.6 Å². The molecule has 2 aliphatic rings. The molecule has 3 aromatic rings. The SMILES string of the molecule is O=C1C(=O)N(Cc2cccnc2)C(c2ccc(O)cc2)/C1=C(/O)c1ccc2c(c1)OCO2. The maximum atomic E-state index is 13.1. The van der Waals surface area contributed by atoms with Crippen LogP contribution in [0.25, 0.3) is 5.76 Å². The maximum absolute atomic E-state index is 13.1. The normalized spacial score (nSPS) is 18.9. The number of fused-ring (bicyclic) bond motifs is 1. The van der Waals surface area contributed by atoms with E-state index in [-0.39, 0.29) is 30.4 Å². The first-order chi connectivity index (χ1) is 15.5. The standard InChI is InChI=1S/C24H18N2O6/c27-17-6-3-15(4-7-17)21-20(22(28)16-5-8-18-19(10-16)32-13-31-18)23(29)24(30)26(21)12-14-2-1-9-25-11-14/h1-11,21,27-28H,12-13H2/b22-20-. The van der Waals surface area contributed by atoms with Gasteiger partial charge in [0.25, 0.3) is 11.7 Å². The largest absolute Gasteiger partial charge is 0.508 e. The summed E-state index contributed by atoms with van der Waals surface area (Å²) in [6.07, 6.45) is 3.24. The molecule has 8 nitrogen and oxygen atoms in total. The van der Waals surface area contributed by atoms with Crippen LogP contribution in [0.5, 0.6) is 17.2 Å². The van der Waals surface area contributed by atoms with E-state index in [1.807, 2.05) is 0 Å². The highest BCUT2D eigenvalue weighted by molar-refractivity contribution is 6.46. The molecule has 2 N–H and O–H groups in total. The minimum Gasteiger partial charge on any atom is -0.508 e. The van der Waals surface area contributed by atoms with Crippen molar-refractivity contribution in [2.24, 2.45) is 0 Å². The number of nitrogens with zero attached hydrogens (tertiary/aromatic N) is 2. The number of benzene rings is 2. The average Bonchev–Trinajstić information content (AvgIpc) is 3.38. The van der Waals surface area contributed by atoms with Gasteiger partial charge in [-0.2, -0.15) is 0 Å². The molecule has 0 radical (unpaired) electrons. The topological polar surface area (TPSA) is 109 Å². The van der Waals surface area contributed by atoms with Gasteiger partial charge in [0, 0.05) is 24.5 Å². The van der Waals surface area contributed by atoms with Gasteiger partial charge in [-0.1, -0.05) is 18.2 Å². The van der Waals surface area contributed by atoms with Crippen molar-refractivity contribution >= 4 is 17.4 Å². The maximum Gasteiger partial charge on any atom is 0.295 e. The summed E-state index contributed by atoms with van der Waals surface area (Å²) in [5.74, 6) is -0.799. The number of Topliss-reactive ketones (excluding diaryl/α,β-unsaturated/α-hetero) is 1. The summed E-state index contributed by atoms with van der Waals surface area (Å²) in [5, 5.41) is 20.8. The molecular formula is C24H18N2O6. The second-order valence-corrected chi connectivity index (χ2v) is 7.45. The first kappa shape index (κ1) is 19.6. The first-order valence-corrected chi connectivity index (χ1v) is 9.89. The Morgan fingerprint density at radius 2 is 1.84 bits per heavy atom. The Bertz CT molecular complexity index is 1240. The number of likely N-dealkylation sites (tertiary alicyclic amines) is 1. The zero-order chi connectivity index (χ0) is 22.2. The van der Waals surface area contributed by atoms with Crippen LogP contribution in [0.3, 0.4) is 0 Å². The summed E-state index contributed by atoms with van der Waals surface area (Å²) in [6, 6.07) is 13.7. The molecule has 1 fully saturated rings. The Hall–Kier alpha value is -4.33. The molecule has 1 unspecified atom stereocenters. The summed E-state index contributed by atoms with van der Waals surface area (Å²) in [7, 11) is 0. The van der Waals surface area contributed by atoms with Gasteiger partial charge in [0.15, 0.2) is 11.5 Å². The van der Waals surface area contributed by atoms with Crippen molar-refractivity contribution in [1.29, 1.82) is 0 Å². The molecular weight excluding hydrogens is 412 g/mol. The van der Waals surface area contributed by atoms with Crippen LogP contribution in [0.2, 0.25) is 0 Å². The molecule has 0 saturated carbocycles. The van der Waals surface area contributed by atoms with Gasteiger partial charge in [0.1, 0.15) is 11.5 Å². The van der Waals surface area contributed by atoms with Crippen LogP contribution in [0.4, 0.5) is 0 Å². The number of carbonyl (C=O) groups is 2. The Morgan fingerprint density at radius 3 is 2.59 bits per heavy atom. The molecule has 2 aromatic carbocycles. The van der Waals surface area contributed by atoms with E-state index >= 15 is 0 Å². The summed E-state index contributed by atoms with van der Waals surface area (Å²) in [4.78, 5) is 31.6. The number of aliphatic hydroxyl groups excluding tert-OH is 1. The number of hydrogen-bond acceptors (Lipinski definition) is 7. The summed E-state index contributed by atoms with van der Waals surface area (Å²) >= 11 is 0. The minimum atomic E-state index is -0.846. The molecule has 32 heavy (non-hydrogen) atoms. The third-order valence-corrected chi connectivity index (χ3v) is 5.47. The van der Waals surface area contributed by atoms with E-state index in [0.29, 0.717) is 22.6 Å². The molecule has 160 valence electrons. The van der Waals surface area contributed by atoms with Gasteiger partial charge in [-0.05, 0) is 47.5 Å². The van der Waals surface area contributed by atoms with E-state index in [4.69, 9.17) is 9.47 Å². The minimum absolute atomic E-state index is 0.0385. The first-order valence-electron chi connectivity index (χ1n) is 9.89. The zero-order valence-electron chi connectivity index (χ0n) is 16.8. The number of ketones is 1. The van der Waals surface area contributed by atoms with Crippen LogP contribution in [0.15, 0.2) is 72.6 Å². The van der Waals surface area contributed by atoms with E-state index in [0.717, 1.165) is 5.56 Å². The van der Waals surface area contributed by atoms with E-state index < -0.39 is 17.7 Å². The van der Waals surface area contributed by atoms with Gasteiger partial charge in [-0.15, -0.1) is 0 Å². The molecule has 3 heterocycles. The number of ether oxygens (including phenoxy) is 2. The van der Waals surface area contributed by atoms with E-state index in [2.05, 4.69) is 4.98 Å². The Kier molecular flexibility index (Phi) is 4.74. The molecule has 0 bridgehead atoms. The van der Waals surface area contributed by atoms with Crippen molar-refractivity contribution in [2.75, 3.05) is 6.79 Å².